The summed E-state index contributed by atoms with van der Waals surface area (Å²) in [5.74, 6) is -2.32. The van der Waals surface area contributed by atoms with Gasteiger partial charge in [0.2, 0.25) is 5.91 Å². The monoisotopic (exact) mass is 574 g/mol. The molecule has 3 aliphatic rings. The van der Waals surface area contributed by atoms with E-state index in [1.54, 1.807) is 48.4 Å². The molecular weight excluding hydrogens is 536 g/mol. The Labute approximate surface area is 246 Å². The number of methoxy groups -OCH3 is 1. The van der Waals surface area contributed by atoms with E-state index in [1.165, 1.54) is 4.90 Å². The van der Waals surface area contributed by atoms with Crippen LogP contribution < -0.4 is 9.64 Å². The topological polar surface area (TPSA) is 106 Å². The van der Waals surface area contributed by atoms with Crippen molar-refractivity contribution in [2.24, 2.45) is 11.8 Å². The van der Waals surface area contributed by atoms with Gasteiger partial charge in [0, 0.05) is 12.2 Å². The van der Waals surface area contributed by atoms with Gasteiger partial charge in [0.1, 0.15) is 17.4 Å². The van der Waals surface area contributed by atoms with E-state index < -0.39 is 41.6 Å². The van der Waals surface area contributed by atoms with Gasteiger partial charge in [0.15, 0.2) is 0 Å². The first kappa shape index (κ1) is 29.5. The van der Waals surface area contributed by atoms with Crippen LogP contribution in [0.1, 0.15) is 24.8 Å². The molecule has 2 unspecified atom stereocenters. The fraction of sp³-hybridized carbons (Fsp3) is 0.424. The summed E-state index contributed by atoms with van der Waals surface area (Å²) in [5.41, 5.74) is 0.287. The highest BCUT2D eigenvalue weighted by Crippen LogP contribution is 2.59. The van der Waals surface area contributed by atoms with Crippen molar-refractivity contribution in [3.8, 4) is 5.75 Å². The Hall–Kier alpha value is -3.95. The number of amides is 2. The zero-order valence-corrected chi connectivity index (χ0v) is 23.9. The summed E-state index contributed by atoms with van der Waals surface area (Å²) in [6.45, 7) is 7.50. The molecule has 9 nitrogen and oxygen atoms in total. The van der Waals surface area contributed by atoms with Gasteiger partial charge in [-0.15, -0.1) is 13.2 Å². The van der Waals surface area contributed by atoms with Crippen molar-refractivity contribution in [3.63, 3.8) is 0 Å². The van der Waals surface area contributed by atoms with E-state index in [1.807, 2.05) is 30.3 Å². The summed E-state index contributed by atoms with van der Waals surface area (Å²) >= 11 is 0. The van der Waals surface area contributed by atoms with Crippen molar-refractivity contribution in [2.45, 2.75) is 49.5 Å². The van der Waals surface area contributed by atoms with E-state index in [2.05, 4.69) is 13.2 Å². The predicted octanol–water partition coefficient (Wildman–Crippen LogP) is 3.31. The van der Waals surface area contributed by atoms with E-state index in [0.717, 1.165) is 5.56 Å². The number of carbonyl (C=O) groups excluding carboxylic acids is 3. The number of hydrogen-bond acceptors (Lipinski definition) is 7. The van der Waals surface area contributed by atoms with Crippen LogP contribution in [0.4, 0.5) is 5.69 Å². The number of anilines is 1. The number of benzene rings is 2. The molecule has 42 heavy (non-hydrogen) atoms. The molecule has 0 aliphatic carbocycles. The highest BCUT2D eigenvalue weighted by atomic mass is 16.6. The third kappa shape index (κ3) is 5.12. The van der Waals surface area contributed by atoms with Crippen LogP contribution in [0.3, 0.4) is 0 Å². The number of aliphatic hydroxyl groups excluding tert-OH is 1. The first-order valence-corrected chi connectivity index (χ1v) is 14.4. The molecule has 0 saturated carbocycles. The summed E-state index contributed by atoms with van der Waals surface area (Å²) in [4.78, 5) is 45.5. The van der Waals surface area contributed by atoms with E-state index in [0.29, 0.717) is 37.1 Å². The number of ether oxygens (including phenoxy) is 3. The van der Waals surface area contributed by atoms with E-state index in [-0.39, 0.29) is 31.6 Å². The maximum absolute atomic E-state index is 14.7. The van der Waals surface area contributed by atoms with Gasteiger partial charge >= 0.3 is 5.97 Å². The molecule has 222 valence electrons. The maximum atomic E-state index is 14.7. The standard InChI is InChI=1S/C33H38N2O7/c1-4-6-19-41-32(39)27-26-16-17-33(42-26)28(27)30(37)35(24(21-36)20-22-10-8-7-9-11-22)29(33)31(38)34(18-5-2)23-12-14-25(40-3)15-13-23/h4-5,7-15,24,26-29,36H,1-2,6,16-21H2,3H3/t24-,26+,27-,28+,29?,33?/m1/s1. The zero-order chi connectivity index (χ0) is 29.9. The lowest BCUT2D eigenvalue weighted by Crippen LogP contribution is -2.59. The Morgan fingerprint density at radius 1 is 1.17 bits per heavy atom. The molecule has 1 N–H and O–H groups in total. The van der Waals surface area contributed by atoms with Crippen molar-refractivity contribution in [1.29, 1.82) is 0 Å². The van der Waals surface area contributed by atoms with Crippen LogP contribution in [-0.2, 0) is 30.3 Å². The molecule has 3 saturated heterocycles. The summed E-state index contributed by atoms with van der Waals surface area (Å²) in [7, 11) is 1.57. The van der Waals surface area contributed by atoms with Crippen molar-refractivity contribution in [1.82, 2.24) is 4.90 Å². The molecule has 5 rings (SSSR count). The molecule has 9 heteroatoms. The van der Waals surface area contributed by atoms with Gasteiger partial charge in [0.05, 0.1) is 44.3 Å². The number of likely N-dealkylation sites (tertiary alicyclic amines) is 1. The molecule has 1 spiro atoms. The quantitative estimate of drug-likeness (QED) is 0.222. The predicted molar refractivity (Wildman–Crippen MR) is 157 cm³/mol. The molecule has 6 atom stereocenters. The van der Waals surface area contributed by atoms with Crippen LogP contribution in [0.25, 0.3) is 0 Å². The van der Waals surface area contributed by atoms with Gasteiger partial charge in [-0.2, -0.15) is 0 Å². The third-order valence-electron chi connectivity index (χ3n) is 8.69. The molecule has 3 heterocycles. The molecule has 0 aromatic heterocycles. The minimum atomic E-state index is -1.23. The second kappa shape index (κ2) is 12.5. The fourth-order valence-electron chi connectivity index (χ4n) is 6.87. The zero-order valence-electron chi connectivity index (χ0n) is 23.9. The Bertz CT molecular complexity index is 1310. The Morgan fingerprint density at radius 2 is 1.90 bits per heavy atom. The summed E-state index contributed by atoms with van der Waals surface area (Å²) in [5, 5.41) is 10.6. The average Bonchev–Trinajstić information content (AvgIpc) is 3.66. The van der Waals surface area contributed by atoms with E-state index >= 15 is 0 Å². The SMILES string of the molecule is C=CCCOC(=O)[C@@H]1[C@@H]2CCC3(O2)C(C(=O)N(CC=C)c2ccc(OC)cc2)N([C@@H](CO)Cc2ccccc2)C(=O)[C@H]13. The second-order valence-corrected chi connectivity index (χ2v) is 11.0. The number of fused-ring (bicyclic) bond motifs is 1. The third-order valence-corrected chi connectivity index (χ3v) is 8.69. The Kier molecular flexibility index (Phi) is 8.80. The summed E-state index contributed by atoms with van der Waals surface area (Å²) in [6, 6.07) is 14.8. The Morgan fingerprint density at radius 3 is 2.55 bits per heavy atom. The number of hydrogen-bond donors (Lipinski definition) is 1. The summed E-state index contributed by atoms with van der Waals surface area (Å²) < 4.78 is 17.4. The largest absolute Gasteiger partial charge is 0.497 e. The van der Waals surface area contributed by atoms with E-state index in [4.69, 9.17) is 14.2 Å². The molecule has 0 radical (unpaired) electrons. The van der Waals surface area contributed by atoms with Crippen LogP contribution in [0.15, 0.2) is 79.9 Å². The van der Waals surface area contributed by atoms with Crippen molar-refractivity contribution >= 4 is 23.5 Å². The van der Waals surface area contributed by atoms with Crippen LogP contribution >= 0.6 is 0 Å². The first-order valence-electron chi connectivity index (χ1n) is 14.4. The highest BCUT2D eigenvalue weighted by Gasteiger charge is 2.75. The lowest BCUT2D eigenvalue weighted by Gasteiger charge is -2.39. The van der Waals surface area contributed by atoms with Crippen molar-refractivity contribution < 1.29 is 33.7 Å². The van der Waals surface area contributed by atoms with Gasteiger partial charge < -0.3 is 29.1 Å². The number of esters is 1. The number of rotatable bonds is 13. The molecule has 2 aromatic rings. The molecule has 3 aliphatic heterocycles. The highest BCUT2D eigenvalue weighted by molar-refractivity contribution is 6.04. The minimum Gasteiger partial charge on any atom is -0.497 e. The van der Waals surface area contributed by atoms with Crippen molar-refractivity contribution in [3.05, 3.63) is 85.5 Å². The van der Waals surface area contributed by atoms with Crippen LogP contribution in [0.5, 0.6) is 5.75 Å². The summed E-state index contributed by atoms with van der Waals surface area (Å²) in [6.07, 6.45) is 4.54. The number of nitrogens with zero attached hydrogens (tertiary/aromatic N) is 2. The number of carbonyl (C=O) groups is 3. The fourth-order valence-corrected chi connectivity index (χ4v) is 6.87. The molecule has 2 amide bonds. The average molecular weight is 575 g/mol. The van der Waals surface area contributed by atoms with Gasteiger partial charge in [0.25, 0.3) is 5.91 Å². The van der Waals surface area contributed by atoms with Gasteiger partial charge in [-0.05, 0) is 55.5 Å². The van der Waals surface area contributed by atoms with Crippen LogP contribution in [-0.4, -0.2) is 78.4 Å². The normalized spacial score (nSPS) is 26.4. The maximum Gasteiger partial charge on any atom is 0.312 e. The minimum absolute atomic E-state index is 0.156. The first-order chi connectivity index (χ1) is 20.4. The number of aliphatic hydroxyl groups is 1. The second-order valence-electron chi connectivity index (χ2n) is 11.0. The van der Waals surface area contributed by atoms with Gasteiger partial charge in [-0.1, -0.05) is 42.5 Å². The van der Waals surface area contributed by atoms with Crippen LogP contribution in [0.2, 0.25) is 0 Å². The smallest absolute Gasteiger partial charge is 0.312 e. The molecule has 2 bridgehead atoms. The Balaban J connectivity index is 1.57. The van der Waals surface area contributed by atoms with Gasteiger partial charge in [-0.25, -0.2) is 0 Å². The van der Waals surface area contributed by atoms with Crippen molar-refractivity contribution in [2.75, 3.05) is 31.8 Å². The lowest BCUT2D eigenvalue weighted by atomic mass is 9.70. The van der Waals surface area contributed by atoms with E-state index in [9.17, 15) is 19.5 Å². The molecule has 3 fully saturated rings. The lowest BCUT2D eigenvalue weighted by molar-refractivity contribution is -0.155. The van der Waals surface area contributed by atoms with Gasteiger partial charge in [-0.3, -0.25) is 14.4 Å². The van der Waals surface area contributed by atoms with Crippen LogP contribution in [0, 0.1) is 11.8 Å². The molecule has 2 aromatic carbocycles. The molecular formula is C33H38N2O7.